The number of carbonyl (C=O) groups excluding carboxylic acids is 1. The Morgan fingerprint density at radius 1 is 1.12 bits per heavy atom. The van der Waals surface area contributed by atoms with Crippen molar-refractivity contribution < 1.29 is 19.0 Å². The molecule has 2 aromatic rings. The van der Waals surface area contributed by atoms with E-state index < -0.39 is 0 Å². The zero-order valence-electron chi connectivity index (χ0n) is 13.0. The van der Waals surface area contributed by atoms with Crippen LogP contribution in [0.25, 0.3) is 0 Å². The van der Waals surface area contributed by atoms with Gasteiger partial charge in [-0.05, 0) is 42.0 Å². The fourth-order valence-corrected chi connectivity index (χ4v) is 2.22. The van der Waals surface area contributed by atoms with E-state index in [1.807, 2.05) is 24.3 Å². The van der Waals surface area contributed by atoms with Gasteiger partial charge in [0.2, 0.25) is 0 Å². The van der Waals surface area contributed by atoms with Crippen molar-refractivity contribution in [2.24, 2.45) is 0 Å². The maximum atomic E-state index is 11.9. The van der Waals surface area contributed by atoms with Gasteiger partial charge in [0.1, 0.15) is 19.0 Å². The van der Waals surface area contributed by atoms with E-state index in [-0.39, 0.29) is 12.5 Å². The van der Waals surface area contributed by atoms with E-state index in [9.17, 15) is 4.79 Å². The molecule has 0 bridgehead atoms. The number of fused-ring (bicyclic) bond motifs is 1. The highest BCUT2D eigenvalue weighted by molar-refractivity contribution is 5.77. The molecule has 0 saturated heterocycles. The largest absolute Gasteiger partial charge is 0.486 e. The zero-order chi connectivity index (χ0) is 16.8. The first-order valence-electron chi connectivity index (χ1n) is 7.53. The van der Waals surface area contributed by atoms with Crippen LogP contribution in [0.3, 0.4) is 0 Å². The number of rotatable bonds is 5. The molecule has 0 aliphatic carbocycles. The predicted octanol–water partition coefficient (Wildman–Crippen LogP) is 2.02. The minimum absolute atomic E-state index is 0.0869. The molecule has 0 radical (unpaired) electrons. The Morgan fingerprint density at radius 3 is 2.62 bits per heavy atom. The van der Waals surface area contributed by atoms with Crippen LogP contribution in [0.4, 0.5) is 0 Å². The summed E-state index contributed by atoms with van der Waals surface area (Å²) in [6.45, 7) is 1.37. The molecule has 1 heterocycles. The summed E-state index contributed by atoms with van der Waals surface area (Å²) in [4.78, 5) is 11.9. The topological polar surface area (TPSA) is 80.6 Å². The Balaban J connectivity index is 1.47. The van der Waals surface area contributed by atoms with Crippen molar-refractivity contribution in [3.63, 3.8) is 0 Å². The molecule has 6 nitrogen and oxygen atoms in total. The summed E-state index contributed by atoms with van der Waals surface area (Å²) < 4.78 is 16.3. The van der Waals surface area contributed by atoms with E-state index in [4.69, 9.17) is 19.5 Å². The van der Waals surface area contributed by atoms with E-state index >= 15 is 0 Å². The van der Waals surface area contributed by atoms with Crippen LogP contribution in [0, 0.1) is 11.3 Å². The SMILES string of the molecule is N#Cc1ccc(OCC(=O)NCc2ccc3c(c2)OCCO3)cc1. The standard InChI is InChI=1S/C18H16N2O4/c19-10-13-1-4-15(5-2-13)24-12-18(21)20-11-14-3-6-16-17(9-14)23-8-7-22-16/h1-6,9H,7-8,11-12H2,(H,20,21). The van der Waals surface area contributed by atoms with Gasteiger partial charge in [-0.2, -0.15) is 5.26 Å². The van der Waals surface area contributed by atoms with E-state index in [2.05, 4.69) is 5.32 Å². The van der Waals surface area contributed by atoms with Gasteiger partial charge in [-0.15, -0.1) is 0 Å². The third kappa shape index (κ3) is 3.96. The number of hydrogen-bond donors (Lipinski definition) is 1. The minimum Gasteiger partial charge on any atom is -0.486 e. The molecule has 2 aromatic carbocycles. The molecule has 0 aromatic heterocycles. The third-order valence-electron chi connectivity index (χ3n) is 3.45. The summed E-state index contributed by atoms with van der Waals surface area (Å²) in [6.07, 6.45) is 0. The normalized spacial score (nSPS) is 12.1. The zero-order valence-corrected chi connectivity index (χ0v) is 13.0. The first-order chi connectivity index (χ1) is 11.7. The van der Waals surface area contributed by atoms with Crippen LogP contribution in [0.1, 0.15) is 11.1 Å². The van der Waals surface area contributed by atoms with Crippen molar-refractivity contribution in [2.45, 2.75) is 6.54 Å². The Kier molecular flexibility index (Phi) is 4.82. The number of nitrogens with zero attached hydrogens (tertiary/aromatic N) is 1. The van der Waals surface area contributed by atoms with Crippen LogP contribution in [-0.4, -0.2) is 25.7 Å². The number of carbonyl (C=O) groups is 1. The van der Waals surface area contributed by atoms with E-state index in [0.29, 0.717) is 36.8 Å². The third-order valence-corrected chi connectivity index (χ3v) is 3.45. The summed E-state index contributed by atoms with van der Waals surface area (Å²) in [5, 5.41) is 11.5. The van der Waals surface area contributed by atoms with Gasteiger partial charge in [-0.25, -0.2) is 0 Å². The highest BCUT2D eigenvalue weighted by Crippen LogP contribution is 2.30. The molecule has 6 heteroatoms. The number of amides is 1. The van der Waals surface area contributed by atoms with Crippen molar-refractivity contribution in [3.05, 3.63) is 53.6 Å². The maximum Gasteiger partial charge on any atom is 0.258 e. The second kappa shape index (κ2) is 7.38. The average molecular weight is 324 g/mol. The molecule has 1 aliphatic rings. The minimum atomic E-state index is -0.228. The quantitative estimate of drug-likeness (QED) is 0.910. The van der Waals surface area contributed by atoms with Crippen LogP contribution in [0.2, 0.25) is 0 Å². The van der Waals surface area contributed by atoms with E-state index in [1.165, 1.54) is 0 Å². The van der Waals surface area contributed by atoms with Crippen LogP contribution in [-0.2, 0) is 11.3 Å². The summed E-state index contributed by atoms with van der Waals surface area (Å²) in [5.74, 6) is 1.74. The van der Waals surface area contributed by atoms with Crippen molar-refractivity contribution in [3.8, 4) is 23.3 Å². The van der Waals surface area contributed by atoms with Crippen LogP contribution < -0.4 is 19.5 Å². The van der Waals surface area contributed by atoms with Crippen molar-refractivity contribution in [1.29, 1.82) is 5.26 Å². The fraction of sp³-hybridized carbons (Fsp3) is 0.222. The molecular formula is C18H16N2O4. The average Bonchev–Trinajstić information content (AvgIpc) is 2.65. The van der Waals surface area contributed by atoms with Gasteiger partial charge in [0, 0.05) is 6.54 Å². The molecule has 24 heavy (non-hydrogen) atoms. The van der Waals surface area contributed by atoms with Crippen molar-refractivity contribution in [2.75, 3.05) is 19.8 Å². The summed E-state index contributed by atoms with van der Waals surface area (Å²) in [5.41, 5.74) is 1.47. The van der Waals surface area contributed by atoms with Crippen molar-refractivity contribution in [1.82, 2.24) is 5.32 Å². The Morgan fingerprint density at radius 2 is 1.88 bits per heavy atom. The predicted molar refractivity (Wildman–Crippen MR) is 85.9 cm³/mol. The number of benzene rings is 2. The molecule has 0 unspecified atom stereocenters. The van der Waals surface area contributed by atoms with Crippen molar-refractivity contribution >= 4 is 5.91 Å². The van der Waals surface area contributed by atoms with Gasteiger partial charge < -0.3 is 19.5 Å². The second-order valence-corrected chi connectivity index (χ2v) is 5.18. The first-order valence-corrected chi connectivity index (χ1v) is 7.53. The molecular weight excluding hydrogens is 308 g/mol. The summed E-state index contributed by atoms with van der Waals surface area (Å²) >= 11 is 0. The van der Waals surface area contributed by atoms with E-state index in [0.717, 1.165) is 11.3 Å². The monoisotopic (exact) mass is 324 g/mol. The number of ether oxygens (including phenoxy) is 3. The Labute approximate surface area is 139 Å². The lowest BCUT2D eigenvalue weighted by Gasteiger charge is -2.19. The fourth-order valence-electron chi connectivity index (χ4n) is 2.22. The molecule has 1 aliphatic heterocycles. The van der Waals surface area contributed by atoms with Crippen LogP contribution >= 0.6 is 0 Å². The van der Waals surface area contributed by atoms with Crippen LogP contribution in [0.15, 0.2) is 42.5 Å². The molecule has 122 valence electrons. The summed E-state index contributed by atoms with van der Waals surface area (Å²) in [6, 6.07) is 14.2. The number of hydrogen-bond acceptors (Lipinski definition) is 5. The lowest BCUT2D eigenvalue weighted by molar-refractivity contribution is -0.123. The summed E-state index contributed by atoms with van der Waals surface area (Å²) in [7, 11) is 0. The second-order valence-electron chi connectivity index (χ2n) is 5.18. The first kappa shape index (κ1) is 15.7. The van der Waals surface area contributed by atoms with Gasteiger partial charge in [0.15, 0.2) is 18.1 Å². The molecule has 0 saturated carbocycles. The van der Waals surface area contributed by atoms with Gasteiger partial charge in [0.25, 0.3) is 5.91 Å². The smallest absolute Gasteiger partial charge is 0.258 e. The highest BCUT2D eigenvalue weighted by Gasteiger charge is 2.12. The van der Waals surface area contributed by atoms with Gasteiger partial charge >= 0.3 is 0 Å². The molecule has 0 atom stereocenters. The molecule has 1 amide bonds. The van der Waals surface area contributed by atoms with E-state index in [1.54, 1.807) is 24.3 Å². The lowest BCUT2D eigenvalue weighted by atomic mass is 10.2. The van der Waals surface area contributed by atoms with Gasteiger partial charge in [0.05, 0.1) is 11.6 Å². The van der Waals surface area contributed by atoms with Gasteiger partial charge in [-0.1, -0.05) is 6.07 Å². The van der Waals surface area contributed by atoms with Gasteiger partial charge in [-0.3, -0.25) is 4.79 Å². The molecule has 0 fully saturated rings. The highest BCUT2D eigenvalue weighted by atomic mass is 16.6. The maximum absolute atomic E-state index is 11.9. The molecule has 0 spiro atoms. The molecule has 1 N–H and O–H groups in total. The Bertz CT molecular complexity index is 766. The number of nitriles is 1. The number of nitrogens with one attached hydrogen (secondary N) is 1. The lowest BCUT2D eigenvalue weighted by Crippen LogP contribution is -2.28. The Hall–Kier alpha value is -3.20. The van der Waals surface area contributed by atoms with Crippen LogP contribution in [0.5, 0.6) is 17.2 Å². The molecule has 3 rings (SSSR count).